The third-order valence-corrected chi connectivity index (χ3v) is 17.0. The number of alkyl halides is 2. The zero-order chi connectivity index (χ0) is 87.5. The van der Waals surface area contributed by atoms with E-state index in [0.717, 1.165) is 51.4 Å². The Bertz CT molecular complexity index is 4540. The zero-order valence-electron chi connectivity index (χ0n) is 68.2. The van der Waals surface area contributed by atoms with Crippen molar-refractivity contribution in [3.05, 3.63) is 271 Å². The van der Waals surface area contributed by atoms with Crippen LogP contribution in [0.5, 0.6) is 0 Å². The summed E-state index contributed by atoms with van der Waals surface area (Å²) >= 11 is 35.6. The molecule has 10 atom stereocenters. The van der Waals surface area contributed by atoms with Crippen LogP contribution in [0.3, 0.4) is 0 Å². The maximum atomic E-state index is 12.8. The number of aliphatic hydroxyl groups excluding tert-OH is 2. The molecule has 644 valence electrons. The van der Waals surface area contributed by atoms with Gasteiger partial charge in [-0.3, -0.25) is 14.7 Å². The molecule has 7 aromatic carbocycles. The molecule has 6 unspecified atom stereocenters. The second-order valence-corrected chi connectivity index (χ2v) is 45.5. The molecule has 0 aromatic heterocycles. The Morgan fingerprint density at radius 1 is 0.623 bits per heavy atom. The van der Waals surface area contributed by atoms with E-state index < -0.39 is 56.3 Å². The summed E-state index contributed by atoms with van der Waals surface area (Å²) in [5.74, 6) is -1.15. The third kappa shape index (κ3) is 49.8. The van der Waals surface area contributed by atoms with Crippen molar-refractivity contribution in [1.29, 1.82) is 5.26 Å². The summed E-state index contributed by atoms with van der Waals surface area (Å²) in [5, 5.41) is 47.3. The first-order valence-corrected chi connectivity index (χ1v) is 65.1. The average molecular weight is 2280 g/mol. The number of carbonyl (C=O) groups excluding carboxylic acids is 4. The fourth-order valence-corrected chi connectivity index (χ4v) is 12.7. The first-order valence-electron chi connectivity index (χ1n) is 35.3. The Balaban J connectivity index is -0.00000140. The molecule has 3 amide bonds. The molecule has 0 spiro atoms. The standard InChI is InChI=1S/C21H22ClNO4.C18H18ClNO4.C18H16ClNO2.C13H16ClNO2.C3H9ISi.CH2Cl2.CN.CHO3.CH4.Fe.5K.N5.H2O.4O.Os/c1-21(2)26-17-12-23(20(24)25-13-14-7-4-3-5-8-14)18(19(17)27-21)15-9-6-10-16(22)11-15;19-14-8-4-7-13(9-14)16-17(22)15(21)10-20(16)18(23)24-11-12-5-2-1-3-6-12;19-16-9-4-8-15(12-16)17-10-5-11-20(17)18(21)22-13-14-6-2-1-3-7-14;1-13(2)16-10-7-15-11(12(10)17-13)8-4-3-5-9(14)6-8;1-5(2,3)4;2-1-3;1-2;2-1-4-3;;;;;;;;1-3-5-4-2;;;;;;/h3-11,17-19H,12-13H2,1-2H3;1-9,15-17,21-22H,10-11H2;1-10,12,17H,11,13H2;3-6,10-12,15H,7H2,1-2H3;1-3H3;1H2;;3H;1H4;;;;;;;;1H2;;;;;/q;;;;;;2*-1;;;;;;;+1;-1;;;;;;/b;;;;;;;;;;;;;;;5-3+;;;;;;/t17?,18?,19-;15-,16?,17-;;10?,11?,12-;;;;;;;;;;;;;;;;;;/m00.0................../s1. The van der Waals surface area contributed by atoms with Crippen molar-refractivity contribution >= 4 is 288 Å². The number of ether oxygens (including phenoxy) is 7. The molecule has 0 bridgehead atoms. The van der Waals surface area contributed by atoms with E-state index in [1.165, 1.54) is 68.1 Å². The first kappa shape index (κ1) is 127. The van der Waals surface area contributed by atoms with Crippen molar-refractivity contribution in [2.75, 3.05) is 31.5 Å². The van der Waals surface area contributed by atoms with Gasteiger partial charge in [0.15, 0.2) is 11.6 Å². The van der Waals surface area contributed by atoms with Crippen LogP contribution in [0.1, 0.15) is 98.2 Å². The molecule has 13 rings (SSSR count). The molecule has 30 nitrogen and oxygen atoms in total. The molecule has 6 aliphatic heterocycles. The minimum absolute atomic E-state index is 0. The van der Waals surface area contributed by atoms with Crippen LogP contribution in [-0.2, 0) is 107 Å². The molecule has 122 heavy (non-hydrogen) atoms. The molecule has 2 radical (unpaired) electrons. The van der Waals surface area contributed by atoms with Crippen molar-refractivity contribution in [2.45, 2.75) is 147 Å². The van der Waals surface area contributed by atoms with Gasteiger partial charge in [-0.05, 0) is 122 Å². The van der Waals surface area contributed by atoms with E-state index in [1.807, 2.05) is 198 Å². The number of hydrogen-bond donors (Lipinski definition) is 4. The van der Waals surface area contributed by atoms with Gasteiger partial charge in [-0.2, -0.15) is 0 Å². The molecular weight excluding hydrogens is 2190 g/mol. The summed E-state index contributed by atoms with van der Waals surface area (Å²) in [6, 6.07) is 57.5. The van der Waals surface area contributed by atoms with Gasteiger partial charge in [0.25, 0.3) is 0 Å². The SMILES string of the molecule is C.CC1(C)OC2CN(C(=O)OCc3ccccc3)C(c3cccc(Cl)c3)[C@H]2O1.CC1(C)OC2CNC(c3cccc(Cl)c3)[C@H]2O1.C[Si](C)(C)I.ClCCl.O.O=C(OCc1ccccc1)N1CC=CC1c1cccc(Cl)c1.O=C(OCc1ccccc1)N1C[C@H](O)[C@H](O)C1c1cccc(Cl)c1.O=[C-]OO.[C-]#N.[K+].[K].[K].[K][K].[N-]=N/N=N/[N]=[Fe].[O]=[Os](=[O])(=[O])=[O]. The quantitative estimate of drug-likeness (QED) is 0.00796. The van der Waals surface area contributed by atoms with E-state index in [-0.39, 0.29) is 253 Å². The average Bonchev–Trinajstić information content (AvgIpc) is 1.60. The van der Waals surface area contributed by atoms with Crippen molar-refractivity contribution < 1.29 is 174 Å². The Morgan fingerprint density at radius 2 is 0.967 bits per heavy atom. The molecule has 6 heterocycles. The van der Waals surface area contributed by atoms with Gasteiger partial charge in [0.2, 0.25) is 0 Å². The molecule has 45 heteroatoms. The summed E-state index contributed by atoms with van der Waals surface area (Å²) in [6.45, 7) is 22.5. The predicted octanol–water partition coefficient (Wildman–Crippen LogP) is 13.6. The number of likely N-dealkylation sites (tertiary alicyclic amines) is 2. The number of carbonyl (C=O) groups is 3. The summed E-state index contributed by atoms with van der Waals surface area (Å²) in [5.41, 5.74) is 13.3. The van der Waals surface area contributed by atoms with Gasteiger partial charge in [-0.25, -0.2) is 19.6 Å². The number of halogens is 7. The van der Waals surface area contributed by atoms with Crippen LogP contribution in [0.2, 0.25) is 39.7 Å². The fraction of sp³-hybridized carbons (Fsp3) is 0.364. The number of nitrogens with one attached hydrogen (secondary N) is 1. The summed E-state index contributed by atoms with van der Waals surface area (Å²) in [7, 11) is 0. The number of aliphatic hydroxyl groups is 2. The van der Waals surface area contributed by atoms with Crippen LogP contribution in [-0.4, -0.2) is 312 Å². The maximum absolute atomic E-state index is 12.8. The van der Waals surface area contributed by atoms with E-state index in [9.17, 15) is 24.6 Å². The monoisotopic (exact) mass is 2280 g/mol. The number of hydrogen-bond acceptors (Lipinski definition) is 22. The third-order valence-electron chi connectivity index (χ3n) is 16.0. The topological polar surface area (TPSA) is 420 Å². The summed E-state index contributed by atoms with van der Waals surface area (Å²) < 4.78 is 77.6. The second-order valence-electron chi connectivity index (χ2n) is 26.3. The number of rotatable bonds is 13. The summed E-state index contributed by atoms with van der Waals surface area (Å²) in [6.07, 6.45) is 0.297. The van der Waals surface area contributed by atoms with Crippen LogP contribution in [0.15, 0.2) is 220 Å². The van der Waals surface area contributed by atoms with Gasteiger partial charge in [0.05, 0.1) is 48.7 Å². The molecule has 7 aromatic rings. The minimum atomic E-state index is -6.06. The molecular formula is C77H90Cl6FeIK5N10O20OsSi-2. The number of benzene rings is 7. The van der Waals surface area contributed by atoms with E-state index in [2.05, 4.69) is 93.3 Å². The fourth-order valence-electron chi connectivity index (χ4n) is 11.9. The van der Waals surface area contributed by atoms with E-state index in [1.54, 1.807) is 34.1 Å². The van der Waals surface area contributed by atoms with Crippen molar-refractivity contribution in [3.8, 4) is 0 Å². The van der Waals surface area contributed by atoms with E-state index in [0.29, 0.717) is 33.7 Å². The zero-order valence-corrected chi connectivity index (χ0v) is 95.2. The molecule has 5 fully saturated rings. The van der Waals surface area contributed by atoms with Crippen LogP contribution >= 0.6 is 91.4 Å². The number of fused-ring (bicyclic) bond motifs is 2. The molecule has 0 saturated carbocycles. The van der Waals surface area contributed by atoms with Crippen molar-refractivity contribution in [2.24, 2.45) is 19.7 Å². The normalized spacial score (nSPS) is 20.0. The Morgan fingerprint density at radius 3 is 1.34 bits per heavy atom. The van der Waals surface area contributed by atoms with E-state index >= 15 is 0 Å². The van der Waals surface area contributed by atoms with Gasteiger partial charge >= 0.3 is 203 Å². The van der Waals surface area contributed by atoms with Crippen molar-refractivity contribution in [1.82, 2.24) is 20.0 Å². The Hall–Kier alpha value is 0.915. The second kappa shape index (κ2) is 68.8. The van der Waals surface area contributed by atoms with Gasteiger partial charge in [-0.15, -0.1) is 45.0 Å². The van der Waals surface area contributed by atoms with Gasteiger partial charge < -0.3 is 75.7 Å². The number of β-amino-alcohol motifs (C(OH)–C–C–N with tert-alkyl or cyclic N) is 1. The van der Waals surface area contributed by atoms with E-state index in [4.69, 9.17) is 144 Å². The Labute approximate surface area is 938 Å². The molecule has 0 aliphatic carbocycles. The van der Waals surface area contributed by atoms with Crippen molar-refractivity contribution in [3.63, 3.8) is 0 Å². The van der Waals surface area contributed by atoms with Crippen LogP contribution in [0.25, 0.3) is 5.53 Å². The number of nitrogens with zero attached hydrogens (tertiary/aromatic N) is 9. The molecule has 6 aliphatic rings. The molecule has 6 N–H and O–H groups in total. The van der Waals surface area contributed by atoms with Gasteiger partial charge in [0.1, 0.15) is 55.9 Å². The predicted molar refractivity (Wildman–Crippen MR) is 461 cm³/mol. The van der Waals surface area contributed by atoms with Crippen LogP contribution in [0.4, 0.5) is 14.4 Å². The Kier molecular flexibility index (Phi) is 71.7. The molecule has 5 saturated heterocycles. The van der Waals surface area contributed by atoms with Crippen LogP contribution in [0, 0.1) is 11.8 Å². The van der Waals surface area contributed by atoms with Gasteiger partial charge in [-0.1, -0.05) is 225 Å². The summed E-state index contributed by atoms with van der Waals surface area (Å²) in [4.78, 5) is 53.6. The van der Waals surface area contributed by atoms with Crippen LogP contribution < -0.4 is 56.7 Å². The number of amides is 3. The van der Waals surface area contributed by atoms with Gasteiger partial charge in [0, 0.05) is 136 Å². The first-order chi connectivity index (χ1) is 55.5.